The first-order valence-corrected chi connectivity index (χ1v) is 5.66. The first-order chi connectivity index (χ1) is 6.27. The molecule has 0 saturated heterocycles. The van der Waals surface area contributed by atoms with Gasteiger partial charge in [-0.05, 0) is 35.4 Å². The quantitative estimate of drug-likeness (QED) is 0.782. The topological polar surface area (TPSA) is 29.3 Å². The zero-order valence-corrected chi connectivity index (χ0v) is 9.23. The number of aryl methyl sites for hydroxylation is 1. The van der Waals surface area contributed by atoms with Crippen molar-refractivity contribution < 1.29 is 0 Å². The Labute approximate surface area is 84.4 Å². The number of nitrogens with two attached hydrogens (primary N) is 1. The molecule has 0 amide bonds. The molecule has 1 aromatic rings. The number of hydrogen-bond donors (Lipinski definition) is 1. The van der Waals surface area contributed by atoms with E-state index in [1.54, 1.807) is 11.3 Å². The maximum Gasteiger partial charge on any atom is 0.0245 e. The van der Waals surface area contributed by atoms with Gasteiger partial charge < -0.3 is 5.73 Å². The second-order valence-corrected chi connectivity index (χ2v) is 3.98. The van der Waals surface area contributed by atoms with Crippen LogP contribution in [-0.2, 0) is 6.54 Å². The van der Waals surface area contributed by atoms with E-state index in [-0.39, 0.29) is 0 Å². The van der Waals surface area contributed by atoms with Gasteiger partial charge in [-0.3, -0.25) is 4.90 Å². The van der Waals surface area contributed by atoms with Gasteiger partial charge in [0, 0.05) is 19.6 Å². The lowest BCUT2D eigenvalue weighted by Crippen LogP contribution is -2.28. The monoisotopic (exact) mass is 198 g/mol. The van der Waals surface area contributed by atoms with Crippen LogP contribution >= 0.6 is 11.3 Å². The fourth-order valence-corrected chi connectivity index (χ4v) is 2.17. The van der Waals surface area contributed by atoms with Crippen LogP contribution in [0.25, 0.3) is 0 Å². The minimum atomic E-state index is 0.747. The minimum absolute atomic E-state index is 0.747. The Bertz CT molecular complexity index is 245. The number of rotatable bonds is 5. The van der Waals surface area contributed by atoms with Gasteiger partial charge in [0.15, 0.2) is 0 Å². The maximum atomic E-state index is 5.53. The first kappa shape index (κ1) is 10.7. The molecule has 0 spiro atoms. The van der Waals surface area contributed by atoms with Crippen LogP contribution in [0.2, 0.25) is 0 Å². The van der Waals surface area contributed by atoms with Crippen molar-refractivity contribution in [1.82, 2.24) is 4.90 Å². The highest BCUT2D eigenvalue weighted by Crippen LogP contribution is 2.15. The Morgan fingerprint density at radius 1 is 1.46 bits per heavy atom. The molecule has 0 unspecified atom stereocenters. The van der Waals surface area contributed by atoms with Gasteiger partial charge in [0.25, 0.3) is 0 Å². The zero-order valence-electron chi connectivity index (χ0n) is 8.42. The van der Waals surface area contributed by atoms with E-state index in [2.05, 4.69) is 29.5 Å². The largest absolute Gasteiger partial charge is 0.329 e. The Hall–Kier alpha value is -0.380. The van der Waals surface area contributed by atoms with E-state index in [0.29, 0.717) is 0 Å². The summed E-state index contributed by atoms with van der Waals surface area (Å²) in [6, 6.07) is 0. The molecule has 2 N–H and O–H groups in total. The molecule has 13 heavy (non-hydrogen) atoms. The molecule has 1 heterocycles. The van der Waals surface area contributed by atoms with Crippen LogP contribution in [0.5, 0.6) is 0 Å². The van der Waals surface area contributed by atoms with E-state index in [1.807, 2.05) is 0 Å². The van der Waals surface area contributed by atoms with Gasteiger partial charge in [-0.15, -0.1) is 0 Å². The van der Waals surface area contributed by atoms with Crippen LogP contribution in [0, 0.1) is 6.92 Å². The molecule has 0 aliphatic carbocycles. The summed E-state index contributed by atoms with van der Waals surface area (Å²) in [5, 5.41) is 4.43. The third-order valence-electron chi connectivity index (χ3n) is 2.25. The molecule has 1 aromatic heterocycles. The van der Waals surface area contributed by atoms with E-state index in [0.717, 1.165) is 26.2 Å². The Morgan fingerprint density at radius 2 is 2.23 bits per heavy atom. The number of thiophene rings is 1. The Balaban J connectivity index is 2.51. The van der Waals surface area contributed by atoms with Gasteiger partial charge in [0.05, 0.1) is 0 Å². The summed E-state index contributed by atoms with van der Waals surface area (Å²) in [6.45, 7) is 8.21. The van der Waals surface area contributed by atoms with Crippen molar-refractivity contribution >= 4 is 11.3 Å². The standard InChI is InChI=1S/C10H18N2S/c1-3-12(5-4-11)6-10-8-13-7-9(10)2/h7-8H,3-6,11H2,1-2H3. The number of likely N-dealkylation sites (N-methyl/N-ethyl adjacent to an activating group) is 1. The lowest BCUT2D eigenvalue weighted by Gasteiger charge is -2.19. The van der Waals surface area contributed by atoms with Crippen LogP contribution in [0.3, 0.4) is 0 Å². The van der Waals surface area contributed by atoms with Crippen molar-refractivity contribution in [2.45, 2.75) is 20.4 Å². The second kappa shape index (κ2) is 5.37. The molecule has 0 atom stereocenters. The SMILES string of the molecule is CCN(CCN)Cc1cscc1C. The van der Waals surface area contributed by atoms with Crippen molar-refractivity contribution in [1.29, 1.82) is 0 Å². The maximum absolute atomic E-state index is 5.53. The van der Waals surface area contributed by atoms with Gasteiger partial charge in [-0.2, -0.15) is 11.3 Å². The van der Waals surface area contributed by atoms with Crippen LogP contribution in [0.15, 0.2) is 10.8 Å². The molecular formula is C10H18N2S. The predicted octanol–water partition coefficient (Wildman–Crippen LogP) is 1.84. The smallest absolute Gasteiger partial charge is 0.0245 e. The van der Waals surface area contributed by atoms with Crippen LogP contribution < -0.4 is 5.73 Å². The minimum Gasteiger partial charge on any atom is -0.329 e. The van der Waals surface area contributed by atoms with Gasteiger partial charge in [0.2, 0.25) is 0 Å². The van der Waals surface area contributed by atoms with E-state index < -0.39 is 0 Å². The highest BCUT2D eigenvalue weighted by molar-refractivity contribution is 7.08. The van der Waals surface area contributed by atoms with E-state index in [9.17, 15) is 0 Å². The Morgan fingerprint density at radius 3 is 2.69 bits per heavy atom. The summed E-state index contributed by atoms with van der Waals surface area (Å²) < 4.78 is 0. The molecule has 0 bridgehead atoms. The van der Waals surface area contributed by atoms with Crippen molar-refractivity contribution in [3.63, 3.8) is 0 Å². The van der Waals surface area contributed by atoms with Crippen LogP contribution in [-0.4, -0.2) is 24.5 Å². The van der Waals surface area contributed by atoms with Gasteiger partial charge in [-0.25, -0.2) is 0 Å². The van der Waals surface area contributed by atoms with E-state index >= 15 is 0 Å². The summed E-state index contributed by atoms with van der Waals surface area (Å²) in [5.74, 6) is 0. The first-order valence-electron chi connectivity index (χ1n) is 4.72. The molecule has 0 aromatic carbocycles. The molecule has 0 fully saturated rings. The zero-order chi connectivity index (χ0) is 9.68. The molecule has 0 aliphatic rings. The second-order valence-electron chi connectivity index (χ2n) is 3.24. The van der Waals surface area contributed by atoms with Crippen molar-refractivity contribution in [3.8, 4) is 0 Å². The summed E-state index contributed by atoms with van der Waals surface area (Å²) in [5.41, 5.74) is 8.38. The molecule has 0 saturated carbocycles. The fraction of sp³-hybridized carbons (Fsp3) is 0.600. The Kier molecular flexibility index (Phi) is 4.42. The molecule has 1 rings (SSSR count). The average Bonchev–Trinajstić information content (AvgIpc) is 2.51. The van der Waals surface area contributed by atoms with Crippen molar-refractivity contribution in [2.24, 2.45) is 5.73 Å². The van der Waals surface area contributed by atoms with Gasteiger partial charge >= 0.3 is 0 Å². The molecule has 3 heteroatoms. The van der Waals surface area contributed by atoms with Crippen LogP contribution in [0.1, 0.15) is 18.1 Å². The highest BCUT2D eigenvalue weighted by Gasteiger charge is 2.04. The fourth-order valence-electron chi connectivity index (χ4n) is 1.32. The van der Waals surface area contributed by atoms with Crippen LogP contribution in [0.4, 0.5) is 0 Å². The van der Waals surface area contributed by atoms with Crippen molar-refractivity contribution in [3.05, 3.63) is 21.9 Å². The number of hydrogen-bond acceptors (Lipinski definition) is 3. The number of nitrogens with zero attached hydrogens (tertiary/aromatic N) is 1. The summed E-state index contributed by atoms with van der Waals surface area (Å²) >= 11 is 1.78. The van der Waals surface area contributed by atoms with Gasteiger partial charge in [0.1, 0.15) is 0 Å². The summed E-state index contributed by atoms with van der Waals surface area (Å²) in [7, 11) is 0. The summed E-state index contributed by atoms with van der Waals surface area (Å²) in [4.78, 5) is 2.37. The average molecular weight is 198 g/mol. The third kappa shape index (κ3) is 3.10. The molecule has 2 nitrogen and oxygen atoms in total. The molecular weight excluding hydrogens is 180 g/mol. The van der Waals surface area contributed by atoms with E-state index in [1.165, 1.54) is 11.1 Å². The van der Waals surface area contributed by atoms with Gasteiger partial charge in [-0.1, -0.05) is 6.92 Å². The lowest BCUT2D eigenvalue weighted by molar-refractivity contribution is 0.288. The molecule has 0 aliphatic heterocycles. The normalized spacial score (nSPS) is 11.1. The third-order valence-corrected chi connectivity index (χ3v) is 3.16. The molecule has 74 valence electrons. The molecule has 0 radical (unpaired) electrons. The summed E-state index contributed by atoms with van der Waals surface area (Å²) in [6.07, 6.45) is 0. The van der Waals surface area contributed by atoms with E-state index in [4.69, 9.17) is 5.73 Å². The van der Waals surface area contributed by atoms with Crippen molar-refractivity contribution in [2.75, 3.05) is 19.6 Å². The highest BCUT2D eigenvalue weighted by atomic mass is 32.1. The lowest BCUT2D eigenvalue weighted by atomic mass is 10.2. The predicted molar refractivity (Wildman–Crippen MR) is 59.1 cm³/mol.